The Morgan fingerprint density at radius 2 is 1.26 bits per heavy atom. The van der Waals surface area contributed by atoms with Crippen LogP contribution in [0.1, 0.15) is 33.4 Å². The summed E-state index contributed by atoms with van der Waals surface area (Å²) in [4.78, 5) is 0.223. The predicted molar refractivity (Wildman–Crippen MR) is 90.1 cm³/mol. The fourth-order valence-electron chi connectivity index (χ4n) is 3.07. The molecule has 0 spiro atoms. The van der Waals surface area contributed by atoms with E-state index in [2.05, 4.69) is 0 Å². The molecule has 0 bridgehead atoms. The highest BCUT2D eigenvalue weighted by Crippen LogP contribution is 2.39. The summed E-state index contributed by atoms with van der Waals surface area (Å²) >= 11 is 0. The molecule has 124 valence electrons. The molecule has 2 rings (SSSR count). The second kappa shape index (κ2) is 5.57. The van der Waals surface area contributed by atoms with Gasteiger partial charge < -0.3 is 10.2 Å². The molecule has 0 unspecified atom stereocenters. The SMILES string of the molecule is Cc1cc(O)c(C)c(S(=O)(=O)c2c(C)cc(C)c(O)c2C)c1C. The molecule has 0 saturated carbocycles. The maximum atomic E-state index is 13.3. The Labute approximate surface area is 137 Å². The van der Waals surface area contributed by atoms with Crippen LogP contribution in [0.25, 0.3) is 0 Å². The van der Waals surface area contributed by atoms with Gasteiger partial charge in [-0.05, 0) is 69.9 Å². The monoisotopic (exact) mass is 334 g/mol. The van der Waals surface area contributed by atoms with Gasteiger partial charge in [-0.3, -0.25) is 0 Å². The van der Waals surface area contributed by atoms with Gasteiger partial charge in [0, 0.05) is 11.1 Å². The standard InChI is InChI=1S/C18H22O4S/c1-9-8-15(19)13(5)18(12(9)4)23(21,22)17-11(3)7-10(2)16(20)14(17)6/h7-8,19-20H,1-6H3. The van der Waals surface area contributed by atoms with Crippen molar-refractivity contribution in [1.29, 1.82) is 0 Å². The summed E-state index contributed by atoms with van der Waals surface area (Å²) in [7, 11) is -3.87. The van der Waals surface area contributed by atoms with Crippen molar-refractivity contribution in [2.75, 3.05) is 0 Å². The van der Waals surface area contributed by atoms with Crippen molar-refractivity contribution in [3.63, 3.8) is 0 Å². The van der Waals surface area contributed by atoms with Gasteiger partial charge in [-0.25, -0.2) is 8.42 Å². The van der Waals surface area contributed by atoms with E-state index in [0.29, 0.717) is 33.4 Å². The number of sulfone groups is 1. The zero-order valence-corrected chi connectivity index (χ0v) is 15.1. The molecular weight excluding hydrogens is 312 g/mol. The number of benzene rings is 2. The van der Waals surface area contributed by atoms with Crippen molar-refractivity contribution in [3.8, 4) is 11.5 Å². The smallest absolute Gasteiger partial charge is 0.207 e. The highest BCUT2D eigenvalue weighted by atomic mass is 32.2. The highest BCUT2D eigenvalue weighted by molar-refractivity contribution is 7.91. The summed E-state index contributed by atoms with van der Waals surface area (Å²) in [5.74, 6) is -0.0559. The van der Waals surface area contributed by atoms with Gasteiger partial charge in [0.15, 0.2) is 0 Å². The van der Waals surface area contributed by atoms with Gasteiger partial charge in [0.1, 0.15) is 11.5 Å². The number of hydrogen-bond donors (Lipinski definition) is 2. The predicted octanol–water partition coefficient (Wildman–Crippen LogP) is 3.78. The van der Waals surface area contributed by atoms with Gasteiger partial charge in [0.25, 0.3) is 0 Å². The molecule has 0 aliphatic heterocycles. The van der Waals surface area contributed by atoms with Gasteiger partial charge in [0.2, 0.25) is 9.84 Å². The molecule has 0 amide bonds. The topological polar surface area (TPSA) is 74.6 Å². The largest absolute Gasteiger partial charge is 0.508 e. The van der Waals surface area contributed by atoms with Crippen molar-refractivity contribution in [3.05, 3.63) is 45.5 Å². The molecule has 5 heteroatoms. The Bertz CT molecular complexity index is 883. The number of rotatable bonds is 2. The first-order valence-electron chi connectivity index (χ1n) is 7.34. The summed E-state index contributed by atoms with van der Waals surface area (Å²) in [6, 6.07) is 3.23. The maximum absolute atomic E-state index is 13.3. The van der Waals surface area contributed by atoms with E-state index in [-0.39, 0.29) is 21.3 Å². The van der Waals surface area contributed by atoms with Gasteiger partial charge >= 0.3 is 0 Å². The van der Waals surface area contributed by atoms with Gasteiger partial charge in [-0.2, -0.15) is 0 Å². The lowest BCUT2D eigenvalue weighted by molar-refractivity contribution is 0.463. The number of aromatic hydroxyl groups is 2. The van der Waals surface area contributed by atoms with E-state index in [9.17, 15) is 18.6 Å². The van der Waals surface area contributed by atoms with Crippen LogP contribution in [-0.4, -0.2) is 18.6 Å². The Morgan fingerprint density at radius 3 is 1.83 bits per heavy atom. The molecule has 0 aromatic heterocycles. The zero-order valence-electron chi connectivity index (χ0n) is 14.3. The number of phenolic OH excluding ortho intramolecular Hbond substituents is 2. The third-order valence-electron chi connectivity index (χ3n) is 4.41. The van der Waals surface area contributed by atoms with E-state index in [1.54, 1.807) is 53.7 Å². The van der Waals surface area contributed by atoms with E-state index >= 15 is 0 Å². The van der Waals surface area contributed by atoms with E-state index in [1.165, 1.54) is 0 Å². The molecule has 0 aliphatic carbocycles. The van der Waals surface area contributed by atoms with Crippen LogP contribution in [0.15, 0.2) is 21.9 Å². The molecule has 0 fully saturated rings. The fraction of sp³-hybridized carbons (Fsp3) is 0.333. The number of aryl methyl sites for hydroxylation is 3. The molecule has 0 aliphatic rings. The summed E-state index contributed by atoms with van der Waals surface area (Å²) in [6.45, 7) is 10.1. The first kappa shape index (κ1) is 17.3. The molecule has 0 radical (unpaired) electrons. The van der Waals surface area contributed by atoms with Crippen LogP contribution in [0.4, 0.5) is 0 Å². The Kier molecular flexibility index (Phi) is 4.20. The molecule has 0 heterocycles. The molecule has 23 heavy (non-hydrogen) atoms. The molecule has 0 atom stereocenters. The van der Waals surface area contributed by atoms with E-state index < -0.39 is 9.84 Å². The first-order valence-corrected chi connectivity index (χ1v) is 8.83. The molecular formula is C18H22O4S. The lowest BCUT2D eigenvalue weighted by Gasteiger charge is -2.18. The van der Waals surface area contributed by atoms with Crippen LogP contribution >= 0.6 is 0 Å². The van der Waals surface area contributed by atoms with E-state index in [0.717, 1.165) is 0 Å². The Balaban J connectivity index is 2.94. The fourth-order valence-corrected chi connectivity index (χ4v) is 5.33. The molecule has 2 aromatic rings. The van der Waals surface area contributed by atoms with Gasteiger partial charge in [0.05, 0.1) is 9.79 Å². The number of phenols is 2. The van der Waals surface area contributed by atoms with Crippen LogP contribution < -0.4 is 0 Å². The van der Waals surface area contributed by atoms with Crippen molar-refractivity contribution < 1.29 is 18.6 Å². The van der Waals surface area contributed by atoms with E-state index in [4.69, 9.17) is 0 Å². The summed E-state index contributed by atoms with van der Waals surface area (Å²) < 4.78 is 26.5. The zero-order chi connectivity index (χ0) is 17.7. The highest BCUT2D eigenvalue weighted by Gasteiger charge is 2.29. The Morgan fingerprint density at radius 1 is 0.696 bits per heavy atom. The van der Waals surface area contributed by atoms with E-state index in [1.807, 2.05) is 0 Å². The average molecular weight is 334 g/mol. The number of hydrogen-bond acceptors (Lipinski definition) is 4. The van der Waals surface area contributed by atoms with Crippen LogP contribution in [0.5, 0.6) is 11.5 Å². The van der Waals surface area contributed by atoms with Crippen molar-refractivity contribution in [2.45, 2.75) is 51.3 Å². The quantitative estimate of drug-likeness (QED) is 0.876. The lowest BCUT2D eigenvalue weighted by atomic mass is 10.1. The normalized spacial score (nSPS) is 11.7. The van der Waals surface area contributed by atoms with Crippen LogP contribution in [-0.2, 0) is 9.84 Å². The lowest BCUT2D eigenvalue weighted by Crippen LogP contribution is -2.11. The van der Waals surface area contributed by atoms with Crippen LogP contribution in [0, 0.1) is 41.5 Å². The summed E-state index contributed by atoms with van der Waals surface area (Å²) in [6.07, 6.45) is 0. The summed E-state index contributed by atoms with van der Waals surface area (Å²) in [5.41, 5.74) is 3.20. The van der Waals surface area contributed by atoms with Crippen molar-refractivity contribution in [1.82, 2.24) is 0 Å². The second-order valence-corrected chi connectivity index (χ2v) is 7.93. The minimum Gasteiger partial charge on any atom is -0.508 e. The first-order chi connectivity index (χ1) is 10.5. The van der Waals surface area contributed by atoms with Crippen LogP contribution in [0.3, 0.4) is 0 Å². The molecule has 4 nitrogen and oxygen atoms in total. The van der Waals surface area contributed by atoms with Crippen molar-refractivity contribution in [2.24, 2.45) is 0 Å². The third kappa shape index (κ3) is 2.59. The minimum absolute atomic E-state index is 0.0126. The van der Waals surface area contributed by atoms with Crippen LogP contribution in [0.2, 0.25) is 0 Å². The summed E-state index contributed by atoms with van der Waals surface area (Å²) in [5, 5.41) is 20.2. The maximum Gasteiger partial charge on any atom is 0.207 e. The molecule has 2 N–H and O–H groups in total. The van der Waals surface area contributed by atoms with Gasteiger partial charge in [-0.1, -0.05) is 6.07 Å². The van der Waals surface area contributed by atoms with Gasteiger partial charge in [-0.15, -0.1) is 0 Å². The molecule has 2 aromatic carbocycles. The Hall–Kier alpha value is -2.01. The third-order valence-corrected chi connectivity index (χ3v) is 6.72. The minimum atomic E-state index is -3.87. The van der Waals surface area contributed by atoms with Crippen molar-refractivity contribution >= 4 is 9.84 Å². The molecule has 0 saturated heterocycles. The average Bonchev–Trinajstić information content (AvgIpc) is 2.42. The second-order valence-electron chi connectivity index (χ2n) is 6.11.